The monoisotopic (exact) mass is 280 g/mol. The number of nitrogen functional groups attached to an aromatic ring is 1. The molecule has 3 N–H and O–H groups in total. The molecule has 1 aromatic carbocycles. The minimum Gasteiger partial charge on any atom is -0.496 e. The maximum absolute atomic E-state index is 12.0. The molecule has 2 aromatic rings. The van der Waals surface area contributed by atoms with Gasteiger partial charge in [0, 0.05) is 18.4 Å². The lowest BCUT2D eigenvalue weighted by Crippen LogP contribution is -2.26. The van der Waals surface area contributed by atoms with Crippen molar-refractivity contribution in [2.24, 2.45) is 0 Å². The molecule has 6 heteroatoms. The van der Waals surface area contributed by atoms with E-state index in [4.69, 9.17) is 15.2 Å². The summed E-state index contributed by atoms with van der Waals surface area (Å²) in [4.78, 5) is 12.5. The third kappa shape index (κ3) is 2.64. The van der Waals surface area contributed by atoms with Crippen LogP contribution >= 0.6 is 11.3 Å². The van der Waals surface area contributed by atoms with Crippen LogP contribution < -0.4 is 15.8 Å². The number of carbonyl (C=O) groups is 1. The van der Waals surface area contributed by atoms with Gasteiger partial charge in [-0.05, 0) is 12.1 Å². The first kappa shape index (κ1) is 13.6. The number of ether oxygens (including phenoxy) is 2. The summed E-state index contributed by atoms with van der Waals surface area (Å²) in [5.41, 5.74) is 6.52. The molecule has 0 unspecified atom stereocenters. The van der Waals surface area contributed by atoms with Crippen molar-refractivity contribution in [1.29, 1.82) is 0 Å². The molecule has 0 fully saturated rings. The fraction of sp³-hybridized carbons (Fsp3) is 0.308. The molecule has 0 saturated carbocycles. The Morgan fingerprint density at radius 2 is 2.21 bits per heavy atom. The Morgan fingerprint density at radius 1 is 1.42 bits per heavy atom. The Hall–Kier alpha value is -1.79. The van der Waals surface area contributed by atoms with E-state index in [0.29, 0.717) is 29.5 Å². The van der Waals surface area contributed by atoms with Gasteiger partial charge in [-0.25, -0.2) is 0 Å². The minimum atomic E-state index is -0.183. The smallest absolute Gasteiger partial charge is 0.263 e. The van der Waals surface area contributed by atoms with Crippen molar-refractivity contribution in [3.05, 3.63) is 23.1 Å². The van der Waals surface area contributed by atoms with Crippen molar-refractivity contribution in [2.75, 3.05) is 33.1 Å². The van der Waals surface area contributed by atoms with Crippen LogP contribution in [0.3, 0.4) is 0 Å². The molecule has 102 valence electrons. The molecule has 2 rings (SSSR count). The topological polar surface area (TPSA) is 73.6 Å². The van der Waals surface area contributed by atoms with Gasteiger partial charge >= 0.3 is 0 Å². The average molecular weight is 280 g/mol. The van der Waals surface area contributed by atoms with E-state index in [-0.39, 0.29) is 5.91 Å². The minimum absolute atomic E-state index is 0.183. The Balaban J connectivity index is 2.34. The van der Waals surface area contributed by atoms with Gasteiger partial charge in [0.05, 0.1) is 24.8 Å². The van der Waals surface area contributed by atoms with Gasteiger partial charge in [0.1, 0.15) is 10.6 Å². The Kier molecular flexibility index (Phi) is 4.24. The van der Waals surface area contributed by atoms with Gasteiger partial charge in [0.15, 0.2) is 0 Å². The molecule has 0 radical (unpaired) electrons. The molecule has 5 nitrogen and oxygen atoms in total. The maximum Gasteiger partial charge on any atom is 0.263 e. The van der Waals surface area contributed by atoms with Crippen LogP contribution in [-0.2, 0) is 4.74 Å². The quantitative estimate of drug-likeness (QED) is 0.820. The molecule has 1 heterocycles. The third-order valence-electron chi connectivity index (χ3n) is 2.73. The van der Waals surface area contributed by atoms with Gasteiger partial charge in [-0.2, -0.15) is 0 Å². The lowest BCUT2D eigenvalue weighted by Gasteiger charge is -2.04. The maximum atomic E-state index is 12.0. The molecule has 0 bridgehead atoms. The van der Waals surface area contributed by atoms with Crippen molar-refractivity contribution < 1.29 is 14.3 Å². The zero-order valence-corrected chi connectivity index (χ0v) is 11.7. The molecule has 19 heavy (non-hydrogen) atoms. The molecule has 1 amide bonds. The van der Waals surface area contributed by atoms with E-state index >= 15 is 0 Å². The van der Waals surface area contributed by atoms with E-state index in [1.807, 2.05) is 18.2 Å². The van der Waals surface area contributed by atoms with Crippen LogP contribution in [0.15, 0.2) is 18.2 Å². The summed E-state index contributed by atoms with van der Waals surface area (Å²) in [5, 5.41) is 3.56. The van der Waals surface area contributed by atoms with E-state index in [2.05, 4.69) is 5.32 Å². The summed E-state index contributed by atoms with van der Waals surface area (Å²) in [6.07, 6.45) is 0. The number of carbonyl (C=O) groups excluding carboxylic acids is 1. The van der Waals surface area contributed by atoms with Crippen LogP contribution in [0.2, 0.25) is 0 Å². The highest BCUT2D eigenvalue weighted by molar-refractivity contribution is 7.21. The van der Waals surface area contributed by atoms with Crippen molar-refractivity contribution in [2.45, 2.75) is 0 Å². The first-order chi connectivity index (χ1) is 9.19. The number of anilines is 1. The van der Waals surface area contributed by atoms with Crippen LogP contribution in [0.1, 0.15) is 9.67 Å². The van der Waals surface area contributed by atoms with Gasteiger partial charge < -0.3 is 20.5 Å². The highest BCUT2D eigenvalue weighted by Crippen LogP contribution is 2.39. The number of methoxy groups -OCH3 is 2. The Labute approximate surface area is 115 Å². The number of amides is 1. The molecule has 0 saturated heterocycles. The average Bonchev–Trinajstić information content (AvgIpc) is 2.76. The predicted molar refractivity (Wildman–Crippen MR) is 77.0 cm³/mol. The largest absolute Gasteiger partial charge is 0.496 e. The molecule has 0 aliphatic heterocycles. The van der Waals surface area contributed by atoms with Crippen molar-refractivity contribution >= 4 is 33.0 Å². The zero-order valence-electron chi connectivity index (χ0n) is 10.9. The van der Waals surface area contributed by atoms with Crippen LogP contribution in [0.5, 0.6) is 5.75 Å². The standard InChI is InChI=1S/C13H16N2O3S/c1-17-7-6-15-13(16)12-11(14)10-8(18-2)4-3-5-9(10)19-12/h3-5H,6-7,14H2,1-2H3,(H,15,16). The van der Waals surface area contributed by atoms with Crippen LogP contribution in [-0.4, -0.2) is 33.3 Å². The van der Waals surface area contributed by atoms with Crippen LogP contribution in [0, 0.1) is 0 Å². The summed E-state index contributed by atoms with van der Waals surface area (Å²) in [6, 6.07) is 5.63. The van der Waals surface area contributed by atoms with E-state index in [1.54, 1.807) is 14.2 Å². The number of benzene rings is 1. The Morgan fingerprint density at radius 3 is 2.89 bits per heavy atom. The third-order valence-corrected chi connectivity index (χ3v) is 3.90. The highest BCUT2D eigenvalue weighted by atomic mass is 32.1. The molecule has 0 atom stereocenters. The number of thiophene rings is 1. The molecular weight excluding hydrogens is 264 g/mol. The summed E-state index contributed by atoms with van der Waals surface area (Å²) < 4.78 is 11.1. The summed E-state index contributed by atoms with van der Waals surface area (Å²) >= 11 is 1.36. The number of nitrogens with one attached hydrogen (secondary N) is 1. The fourth-order valence-electron chi connectivity index (χ4n) is 1.83. The second-order valence-corrected chi connectivity index (χ2v) is 4.98. The van der Waals surface area contributed by atoms with Crippen molar-refractivity contribution in [1.82, 2.24) is 5.32 Å². The van der Waals surface area contributed by atoms with Gasteiger partial charge in [-0.15, -0.1) is 11.3 Å². The molecule has 0 aliphatic rings. The van der Waals surface area contributed by atoms with Crippen LogP contribution in [0.4, 0.5) is 5.69 Å². The number of rotatable bonds is 5. The van der Waals surface area contributed by atoms with Gasteiger partial charge in [-0.3, -0.25) is 4.79 Å². The lowest BCUT2D eigenvalue weighted by molar-refractivity contribution is 0.0942. The first-order valence-electron chi connectivity index (χ1n) is 5.81. The van der Waals surface area contributed by atoms with Crippen molar-refractivity contribution in [3.63, 3.8) is 0 Å². The van der Waals surface area contributed by atoms with E-state index in [0.717, 1.165) is 10.1 Å². The van der Waals surface area contributed by atoms with E-state index < -0.39 is 0 Å². The molecule has 0 aliphatic carbocycles. The number of nitrogens with two attached hydrogens (primary N) is 1. The number of fused-ring (bicyclic) bond motifs is 1. The lowest BCUT2D eigenvalue weighted by atomic mass is 10.2. The Bertz CT molecular complexity index is 595. The molecule has 0 spiro atoms. The highest BCUT2D eigenvalue weighted by Gasteiger charge is 2.18. The second-order valence-electron chi connectivity index (χ2n) is 3.93. The van der Waals surface area contributed by atoms with Crippen LogP contribution in [0.25, 0.3) is 10.1 Å². The fourth-order valence-corrected chi connectivity index (χ4v) is 2.88. The summed E-state index contributed by atoms with van der Waals surface area (Å²) in [5.74, 6) is 0.500. The summed E-state index contributed by atoms with van der Waals surface area (Å²) in [6.45, 7) is 0.931. The van der Waals surface area contributed by atoms with Gasteiger partial charge in [0.2, 0.25) is 0 Å². The number of hydrogen-bond acceptors (Lipinski definition) is 5. The summed E-state index contributed by atoms with van der Waals surface area (Å²) in [7, 11) is 3.18. The van der Waals surface area contributed by atoms with E-state index in [1.165, 1.54) is 11.3 Å². The first-order valence-corrected chi connectivity index (χ1v) is 6.62. The van der Waals surface area contributed by atoms with Gasteiger partial charge in [-0.1, -0.05) is 6.07 Å². The van der Waals surface area contributed by atoms with Gasteiger partial charge in [0.25, 0.3) is 5.91 Å². The zero-order chi connectivity index (χ0) is 13.8. The second kappa shape index (κ2) is 5.90. The number of hydrogen-bond donors (Lipinski definition) is 2. The molecule has 1 aromatic heterocycles. The van der Waals surface area contributed by atoms with Crippen molar-refractivity contribution in [3.8, 4) is 5.75 Å². The molecular formula is C13H16N2O3S. The van der Waals surface area contributed by atoms with E-state index in [9.17, 15) is 4.79 Å². The SMILES string of the molecule is COCCNC(=O)c1sc2cccc(OC)c2c1N. The normalized spacial score (nSPS) is 10.6. The predicted octanol–water partition coefficient (Wildman–Crippen LogP) is 1.87.